The molecule has 0 atom stereocenters. The van der Waals surface area contributed by atoms with E-state index >= 15 is 0 Å². The van der Waals surface area contributed by atoms with Gasteiger partial charge in [0.2, 0.25) is 10.0 Å². The van der Waals surface area contributed by atoms with E-state index in [1.165, 1.54) is 0 Å². The van der Waals surface area contributed by atoms with Crippen LogP contribution in [0.25, 0.3) is 0 Å². The van der Waals surface area contributed by atoms with E-state index in [1.54, 1.807) is 6.92 Å². The third-order valence-corrected chi connectivity index (χ3v) is 3.31. The third kappa shape index (κ3) is 2.53. The second-order valence-corrected chi connectivity index (χ2v) is 4.81. The molecule has 0 spiro atoms. The molecule has 0 aromatic heterocycles. The molecule has 16 heavy (non-hydrogen) atoms. The minimum absolute atomic E-state index is 0.0980. The van der Waals surface area contributed by atoms with E-state index in [-0.39, 0.29) is 6.54 Å². The molecule has 1 aromatic carbocycles. The first-order chi connectivity index (χ1) is 7.40. The van der Waals surface area contributed by atoms with Crippen LogP contribution in [-0.4, -0.2) is 15.0 Å². The van der Waals surface area contributed by atoms with Crippen molar-refractivity contribution in [3.05, 3.63) is 29.6 Å². The largest absolute Gasteiger partial charge is 0.243 e. The molecule has 0 aliphatic rings. The first kappa shape index (κ1) is 13.0. The van der Waals surface area contributed by atoms with Gasteiger partial charge in [-0.1, -0.05) is 6.92 Å². The van der Waals surface area contributed by atoms with Crippen LogP contribution in [0.15, 0.2) is 17.0 Å². The van der Waals surface area contributed by atoms with E-state index < -0.39 is 32.4 Å². The van der Waals surface area contributed by atoms with Crippen molar-refractivity contribution in [1.82, 2.24) is 4.72 Å². The van der Waals surface area contributed by atoms with Gasteiger partial charge in [-0.2, -0.15) is 0 Å². The van der Waals surface area contributed by atoms with Crippen LogP contribution in [-0.2, 0) is 10.0 Å². The summed E-state index contributed by atoms with van der Waals surface area (Å²) in [7, 11) is -4.12. The van der Waals surface area contributed by atoms with Gasteiger partial charge < -0.3 is 0 Å². The van der Waals surface area contributed by atoms with Crippen LogP contribution in [0.3, 0.4) is 0 Å². The van der Waals surface area contributed by atoms with Crippen molar-refractivity contribution in [3.63, 3.8) is 0 Å². The third-order valence-electron chi connectivity index (χ3n) is 1.83. The quantitative estimate of drug-likeness (QED) is 0.831. The van der Waals surface area contributed by atoms with Crippen LogP contribution in [0.2, 0.25) is 0 Å². The Labute approximate surface area is 91.3 Å². The summed E-state index contributed by atoms with van der Waals surface area (Å²) in [4.78, 5) is -0.889. The van der Waals surface area contributed by atoms with Gasteiger partial charge in [0.15, 0.2) is 17.5 Å². The van der Waals surface area contributed by atoms with E-state index in [9.17, 15) is 21.6 Å². The molecule has 1 aromatic rings. The number of hydrogen-bond acceptors (Lipinski definition) is 2. The van der Waals surface area contributed by atoms with Crippen LogP contribution in [0.4, 0.5) is 13.2 Å². The lowest BCUT2D eigenvalue weighted by atomic mass is 10.3. The molecule has 7 heteroatoms. The number of hydrogen-bond donors (Lipinski definition) is 1. The molecule has 0 fully saturated rings. The Morgan fingerprint density at radius 3 is 2.38 bits per heavy atom. The van der Waals surface area contributed by atoms with Gasteiger partial charge in [-0.05, 0) is 18.6 Å². The molecule has 1 rings (SSSR count). The molecule has 0 bridgehead atoms. The minimum atomic E-state index is -4.12. The van der Waals surface area contributed by atoms with Crippen molar-refractivity contribution in [2.75, 3.05) is 6.54 Å². The van der Waals surface area contributed by atoms with Crippen molar-refractivity contribution >= 4 is 10.0 Å². The number of benzene rings is 1. The Hall–Kier alpha value is -1.08. The summed E-state index contributed by atoms with van der Waals surface area (Å²) in [6.07, 6.45) is 0.504. The maximum absolute atomic E-state index is 13.2. The highest BCUT2D eigenvalue weighted by Gasteiger charge is 2.23. The zero-order valence-corrected chi connectivity index (χ0v) is 9.24. The van der Waals surface area contributed by atoms with Gasteiger partial charge in [0, 0.05) is 6.54 Å². The highest BCUT2D eigenvalue weighted by atomic mass is 32.2. The van der Waals surface area contributed by atoms with Gasteiger partial charge in [-0.25, -0.2) is 26.3 Å². The second kappa shape index (κ2) is 4.84. The fourth-order valence-corrected chi connectivity index (χ4v) is 2.23. The highest BCUT2D eigenvalue weighted by molar-refractivity contribution is 7.89. The Morgan fingerprint density at radius 1 is 1.19 bits per heavy atom. The van der Waals surface area contributed by atoms with E-state index in [0.29, 0.717) is 18.6 Å². The summed E-state index contributed by atoms with van der Waals surface area (Å²) in [6, 6.07) is 1.25. The van der Waals surface area contributed by atoms with E-state index in [1.807, 2.05) is 0 Å². The van der Waals surface area contributed by atoms with E-state index in [4.69, 9.17) is 0 Å². The van der Waals surface area contributed by atoms with Crippen LogP contribution >= 0.6 is 0 Å². The lowest BCUT2D eigenvalue weighted by molar-refractivity contribution is 0.431. The van der Waals surface area contributed by atoms with Gasteiger partial charge in [0.25, 0.3) is 0 Å². The molecule has 0 aliphatic carbocycles. The van der Waals surface area contributed by atoms with Crippen molar-refractivity contribution < 1.29 is 21.6 Å². The van der Waals surface area contributed by atoms with E-state index in [0.717, 1.165) is 0 Å². The average Bonchev–Trinajstić information content (AvgIpc) is 2.23. The summed E-state index contributed by atoms with van der Waals surface area (Å²) < 4.78 is 63.4. The summed E-state index contributed by atoms with van der Waals surface area (Å²) >= 11 is 0. The first-order valence-electron chi connectivity index (χ1n) is 4.53. The standard InChI is InChI=1S/C9H10F3NO2S/c1-2-5-13-16(14,15)7-4-3-6(10)8(11)9(7)12/h3-4,13H,2,5H2,1H3. The minimum Gasteiger partial charge on any atom is -0.211 e. The Bertz CT molecular complexity index is 488. The fraction of sp³-hybridized carbons (Fsp3) is 0.333. The molecule has 0 radical (unpaired) electrons. The normalized spacial score (nSPS) is 11.8. The number of sulfonamides is 1. The summed E-state index contributed by atoms with van der Waals surface area (Å²) in [6.45, 7) is 1.81. The molecule has 0 saturated carbocycles. The second-order valence-electron chi connectivity index (χ2n) is 3.07. The molecular formula is C9H10F3NO2S. The maximum Gasteiger partial charge on any atom is 0.243 e. The molecule has 1 N–H and O–H groups in total. The van der Waals surface area contributed by atoms with Crippen molar-refractivity contribution in [3.8, 4) is 0 Å². The first-order valence-corrected chi connectivity index (χ1v) is 6.01. The zero-order chi connectivity index (χ0) is 12.3. The van der Waals surface area contributed by atoms with Gasteiger partial charge in [0.1, 0.15) is 4.90 Å². The molecule has 0 amide bonds. The fourth-order valence-electron chi connectivity index (χ4n) is 1.03. The van der Waals surface area contributed by atoms with E-state index in [2.05, 4.69) is 4.72 Å². The SMILES string of the molecule is CCCNS(=O)(=O)c1ccc(F)c(F)c1F. The molecule has 3 nitrogen and oxygen atoms in total. The molecule has 0 aliphatic heterocycles. The Morgan fingerprint density at radius 2 is 1.81 bits per heavy atom. The predicted octanol–water partition coefficient (Wildman–Crippen LogP) is 1.79. The number of rotatable bonds is 4. The van der Waals surface area contributed by atoms with Crippen LogP contribution in [0.1, 0.15) is 13.3 Å². The zero-order valence-electron chi connectivity index (χ0n) is 8.43. The summed E-state index contributed by atoms with van der Waals surface area (Å²) in [5.41, 5.74) is 0. The van der Waals surface area contributed by atoms with Gasteiger partial charge in [-0.3, -0.25) is 0 Å². The molecule has 90 valence electrons. The van der Waals surface area contributed by atoms with Crippen LogP contribution in [0, 0.1) is 17.5 Å². The number of nitrogens with one attached hydrogen (secondary N) is 1. The lowest BCUT2D eigenvalue weighted by Gasteiger charge is -2.07. The van der Waals surface area contributed by atoms with Crippen LogP contribution < -0.4 is 4.72 Å². The van der Waals surface area contributed by atoms with Crippen molar-refractivity contribution in [1.29, 1.82) is 0 Å². The molecule has 0 unspecified atom stereocenters. The predicted molar refractivity (Wildman–Crippen MR) is 51.8 cm³/mol. The molecular weight excluding hydrogens is 243 g/mol. The summed E-state index contributed by atoms with van der Waals surface area (Å²) in [5, 5.41) is 0. The van der Waals surface area contributed by atoms with Gasteiger partial charge >= 0.3 is 0 Å². The van der Waals surface area contributed by atoms with Crippen LogP contribution in [0.5, 0.6) is 0 Å². The monoisotopic (exact) mass is 253 g/mol. The molecule has 0 saturated heterocycles. The lowest BCUT2D eigenvalue weighted by Crippen LogP contribution is -2.25. The Balaban J connectivity index is 3.19. The van der Waals surface area contributed by atoms with Gasteiger partial charge in [0.05, 0.1) is 0 Å². The van der Waals surface area contributed by atoms with Gasteiger partial charge in [-0.15, -0.1) is 0 Å². The van der Waals surface area contributed by atoms with Crippen molar-refractivity contribution in [2.45, 2.75) is 18.2 Å². The topological polar surface area (TPSA) is 46.2 Å². The summed E-state index contributed by atoms with van der Waals surface area (Å²) in [5.74, 6) is -4.92. The maximum atomic E-state index is 13.2. The highest BCUT2D eigenvalue weighted by Crippen LogP contribution is 2.19. The smallest absolute Gasteiger partial charge is 0.211 e. The molecule has 0 heterocycles. The number of halogens is 3. The van der Waals surface area contributed by atoms with Crippen molar-refractivity contribution in [2.24, 2.45) is 0 Å². The average molecular weight is 253 g/mol. The Kier molecular flexibility index (Phi) is 3.93.